The van der Waals surface area contributed by atoms with Gasteiger partial charge in [0.1, 0.15) is 0 Å². The molecule has 1 aliphatic carbocycles. The number of carbonyl (C=O) groups is 1. The van der Waals surface area contributed by atoms with Crippen molar-refractivity contribution >= 4 is 6.03 Å². The van der Waals surface area contributed by atoms with Crippen molar-refractivity contribution in [3.8, 4) is 0 Å². The van der Waals surface area contributed by atoms with E-state index in [1.807, 2.05) is 4.90 Å². The highest BCUT2D eigenvalue weighted by molar-refractivity contribution is 5.74. The molecule has 15 heavy (non-hydrogen) atoms. The zero-order valence-electron chi connectivity index (χ0n) is 9.67. The summed E-state index contributed by atoms with van der Waals surface area (Å²) in [4.78, 5) is 13.7. The van der Waals surface area contributed by atoms with Crippen LogP contribution in [-0.4, -0.2) is 36.6 Å². The highest BCUT2D eigenvalue weighted by Gasteiger charge is 2.21. The molecule has 0 radical (unpaired) electrons. The number of nitrogens with two attached hydrogens (primary N) is 1. The van der Waals surface area contributed by atoms with E-state index in [2.05, 4.69) is 12.2 Å². The van der Waals surface area contributed by atoms with Crippen molar-refractivity contribution in [2.75, 3.05) is 19.6 Å². The van der Waals surface area contributed by atoms with Crippen LogP contribution in [0.15, 0.2) is 0 Å². The second-order valence-electron chi connectivity index (χ2n) is 4.21. The molecule has 0 bridgehead atoms. The summed E-state index contributed by atoms with van der Waals surface area (Å²) in [5.74, 6) is 0. The molecule has 4 nitrogen and oxygen atoms in total. The lowest BCUT2D eigenvalue weighted by Crippen LogP contribution is -2.48. The van der Waals surface area contributed by atoms with Crippen LogP contribution in [0, 0.1) is 0 Å². The van der Waals surface area contributed by atoms with Crippen molar-refractivity contribution in [2.45, 2.75) is 45.1 Å². The van der Waals surface area contributed by atoms with Crippen molar-refractivity contribution in [2.24, 2.45) is 5.73 Å². The Kier molecular flexibility index (Phi) is 5.47. The third kappa shape index (κ3) is 4.08. The third-order valence-electron chi connectivity index (χ3n) is 2.85. The average Bonchev–Trinajstić information content (AvgIpc) is 2.18. The molecule has 2 amide bonds. The fourth-order valence-electron chi connectivity index (χ4n) is 1.69. The number of nitrogens with zero attached hydrogens (tertiary/aromatic N) is 1. The van der Waals surface area contributed by atoms with Gasteiger partial charge in [0.2, 0.25) is 0 Å². The van der Waals surface area contributed by atoms with Gasteiger partial charge in [0.05, 0.1) is 0 Å². The maximum atomic E-state index is 11.8. The zero-order chi connectivity index (χ0) is 11.1. The lowest BCUT2D eigenvalue weighted by molar-refractivity contribution is 0.186. The van der Waals surface area contributed by atoms with Crippen LogP contribution in [0.1, 0.15) is 39.0 Å². The van der Waals surface area contributed by atoms with Crippen LogP contribution in [0.5, 0.6) is 0 Å². The van der Waals surface area contributed by atoms with E-state index in [9.17, 15) is 4.79 Å². The highest BCUT2D eigenvalue weighted by atomic mass is 16.2. The van der Waals surface area contributed by atoms with Gasteiger partial charge in [-0.15, -0.1) is 0 Å². The minimum absolute atomic E-state index is 0.0926. The summed E-state index contributed by atoms with van der Waals surface area (Å²) in [6.45, 7) is 4.35. The molecule has 0 saturated heterocycles. The van der Waals surface area contributed by atoms with Crippen LogP contribution in [0.4, 0.5) is 4.79 Å². The van der Waals surface area contributed by atoms with E-state index in [0.29, 0.717) is 12.6 Å². The lowest BCUT2D eigenvalue weighted by atomic mass is 9.93. The van der Waals surface area contributed by atoms with Crippen molar-refractivity contribution in [3.63, 3.8) is 0 Å². The van der Waals surface area contributed by atoms with Crippen molar-refractivity contribution in [1.29, 1.82) is 0 Å². The van der Waals surface area contributed by atoms with Crippen LogP contribution in [0.25, 0.3) is 0 Å². The first-order valence-electron chi connectivity index (χ1n) is 6.03. The number of hydrogen-bond donors (Lipinski definition) is 2. The van der Waals surface area contributed by atoms with E-state index in [0.717, 1.165) is 38.8 Å². The predicted molar refractivity (Wildman–Crippen MR) is 61.7 cm³/mol. The fraction of sp³-hybridized carbons (Fsp3) is 0.909. The maximum Gasteiger partial charge on any atom is 0.317 e. The van der Waals surface area contributed by atoms with Crippen LogP contribution < -0.4 is 11.1 Å². The molecule has 3 N–H and O–H groups in total. The standard InChI is InChI=1S/C11H23N3O/c1-2-8-14(9-4-7-12)11(15)13-10-5-3-6-10/h10H,2-9,12H2,1H3,(H,13,15). The van der Waals surface area contributed by atoms with E-state index in [1.54, 1.807) is 0 Å². The Morgan fingerprint density at radius 3 is 2.67 bits per heavy atom. The average molecular weight is 213 g/mol. The van der Waals surface area contributed by atoms with Crippen LogP contribution in [-0.2, 0) is 0 Å². The Bertz CT molecular complexity index is 192. The minimum atomic E-state index is 0.0926. The maximum absolute atomic E-state index is 11.8. The van der Waals surface area contributed by atoms with E-state index >= 15 is 0 Å². The van der Waals surface area contributed by atoms with Gasteiger partial charge in [0.15, 0.2) is 0 Å². The highest BCUT2D eigenvalue weighted by Crippen LogP contribution is 2.18. The number of rotatable bonds is 6. The fourth-order valence-corrected chi connectivity index (χ4v) is 1.69. The lowest BCUT2D eigenvalue weighted by Gasteiger charge is -2.30. The van der Waals surface area contributed by atoms with Gasteiger partial charge in [-0.25, -0.2) is 4.79 Å². The summed E-state index contributed by atoms with van der Waals surface area (Å²) in [6, 6.07) is 0.518. The normalized spacial score (nSPS) is 15.9. The van der Waals surface area contributed by atoms with Gasteiger partial charge in [-0.2, -0.15) is 0 Å². The van der Waals surface area contributed by atoms with E-state index in [4.69, 9.17) is 5.73 Å². The molecular weight excluding hydrogens is 190 g/mol. The number of carbonyl (C=O) groups excluding carboxylic acids is 1. The quantitative estimate of drug-likeness (QED) is 0.699. The molecule has 1 rings (SSSR count). The SMILES string of the molecule is CCCN(CCCN)C(=O)NC1CCC1. The number of urea groups is 1. The summed E-state index contributed by atoms with van der Waals surface area (Å²) >= 11 is 0. The Balaban J connectivity index is 2.28. The first-order valence-corrected chi connectivity index (χ1v) is 6.03. The molecule has 1 aliphatic rings. The molecule has 0 aromatic rings. The number of amides is 2. The largest absolute Gasteiger partial charge is 0.335 e. The van der Waals surface area contributed by atoms with E-state index < -0.39 is 0 Å². The predicted octanol–water partition coefficient (Wildman–Crippen LogP) is 1.31. The Morgan fingerprint density at radius 1 is 1.47 bits per heavy atom. The summed E-state index contributed by atoms with van der Waals surface area (Å²) in [7, 11) is 0. The minimum Gasteiger partial charge on any atom is -0.335 e. The van der Waals surface area contributed by atoms with Gasteiger partial charge in [0.25, 0.3) is 0 Å². The second kappa shape index (κ2) is 6.67. The number of nitrogens with one attached hydrogen (secondary N) is 1. The molecule has 0 spiro atoms. The summed E-state index contributed by atoms with van der Waals surface area (Å²) in [5.41, 5.74) is 5.45. The van der Waals surface area contributed by atoms with E-state index in [-0.39, 0.29) is 6.03 Å². The Morgan fingerprint density at radius 2 is 2.20 bits per heavy atom. The van der Waals surface area contributed by atoms with Crippen molar-refractivity contribution in [1.82, 2.24) is 10.2 Å². The van der Waals surface area contributed by atoms with Crippen LogP contribution in [0.3, 0.4) is 0 Å². The van der Waals surface area contributed by atoms with Gasteiger partial charge in [-0.3, -0.25) is 0 Å². The van der Waals surface area contributed by atoms with Gasteiger partial charge >= 0.3 is 6.03 Å². The first kappa shape index (κ1) is 12.3. The summed E-state index contributed by atoms with van der Waals surface area (Å²) in [6.07, 6.45) is 5.42. The molecule has 1 fully saturated rings. The smallest absolute Gasteiger partial charge is 0.317 e. The summed E-state index contributed by atoms with van der Waals surface area (Å²) < 4.78 is 0. The third-order valence-corrected chi connectivity index (χ3v) is 2.85. The van der Waals surface area contributed by atoms with Gasteiger partial charge in [-0.1, -0.05) is 6.92 Å². The van der Waals surface area contributed by atoms with Gasteiger partial charge in [0, 0.05) is 19.1 Å². The molecule has 88 valence electrons. The zero-order valence-corrected chi connectivity index (χ0v) is 9.67. The van der Waals surface area contributed by atoms with Crippen molar-refractivity contribution < 1.29 is 4.79 Å². The van der Waals surface area contributed by atoms with Gasteiger partial charge < -0.3 is 16.0 Å². The Hall–Kier alpha value is -0.770. The van der Waals surface area contributed by atoms with Crippen LogP contribution >= 0.6 is 0 Å². The van der Waals surface area contributed by atoms with Gasteiger partial charge in [-0.05, 0) is 38.6 Å². The molecule has 0 atom stereocenters. The molecule has 4 heteroatoms. The molecule has 0 heterocycles. The monoisotopic (exact) mass is 213 g/mol. The molecular formula is C11H23N3O. The molecule has 0 aromatic heterocycles. The molecule has 0 aliphatic heterocycles. The topological polar surface area (TPSA) is 58.4 Å². The molecule has 1 saturated carbocycles. The van der Waals surface area contributed by atoms with E-state index in [1.165, 1.54) is 6.42 Å². The van der Waals surface area contributed by atoms with Crippen LogP contribution in [0.2, 0.25) is 0 Å². The van der Waals surface area contributed by atoms with Crippen molar-refractivity contribution in [3.05, 3.63) is 0 Å². The first-order chi connectivity index (χ1) is 7.27. The molecule has 0 unspecified atom stereocenters. The molecule has 0 aromatic carbocycles. The second-order valence-corrected chi connectivity index (χ2v) is 4.21. The summed E-state index contributed by atoms with van der Waals surface area (Å²) in [5, 5.41) is 3.06. The Labute approximate surface area is 92.2 Å². The number of hydrogen-bond acceptors (Lipinski definition) is 2.